The molecule has 0 aromatic carbocycles. The van der Waals surface area contributed by atoms with Gasteiger partial charge in [0.25, 0.3) is 0 Å². The number of carbonyl (C=O) groups excluding carboxylic acids is 1. The lowest BCUT2D eigenvalue weighted by molar-refractivity contribution is -0.120. The Balaban J connectivity index is 2.52. The number of pyridine rings is 1. The van der Waals surface area contributed by atoms with Gasteiger partial charge in [0.1, 0.15) is 6.61 Å². The number of amides is 1. The van der Waals surface area contributed by atoms with Crippen molar-refractivity contribution < 1.29 is 9.53 Å². The van der Waals surface area contributed by atoms with Crippen molar-refractivity contribution in [3.05, 3.63) is 21.9 Å². The maximum atomic E-state index is 11.4. The lowest BCUT2D eigenvalue weighted by atomic mass is 10.4. The van der Waals surface area contributed by atoms with Crippen LogP contribution in [0.1, 0.15) is 13.3 Å². The van der Waals surface area contributed by atoms with Crippen molar-refractivity contribution in [2.75, 3.05) is 18.5 Å². The summed E-state index contributed by atoms with van der Waals surface area (Å²) in [5.74, 6) is -0.241. The van der Waals surface area contributed by atoms with Crippen molar-refractivity contribution in [3.8, 4) is 0 Å². The van der Waals surface area contributed by atoms with E-state index in [-0.39, 0.29) is 17.7 Å². The molecule has 4 nitrogen and oxygen atoms in total. The summed E-state index contributed by atoms with van der Waals surface area (Å²) in [6, 6.07) is 1.69. The van der Waals surface area contributed by atoms with Gasteiger partial charge >= 0.3 is 0 Å². The molecule has 0 atom stereocenters. The molecule has 1 heterocycles. The van der Waals surface area contributed by atoms with Gasteiger partial charge in [-0.05, 0) is 28.4 Å². The molecule has 0 saturated carbocycles. The highest BCUT2D eigenvalue weighted by atomic mass is 79.9. The number of carbonyl (C=O) groups is 1. The number of rotatable bonds is 5. The van der Waals surface area contributed by atoms with E-state index in [0.717, 1.165) is 10.9 Å². The SMILES string of the molecule is CCCOCC(=O)Nc1cc(Br)cnc1Cl. The predicted molar refractivity (Wildman–Crippen MR) is 66.7 cm³/mol. The van der Waals surface area contributed by atoms with Crippen LogP contribution in [0.15, 0.2) is 16.7 Å². The number of hydrogen-bond acceptors (Lipinski definition) is 3. The minimum atomic E-state index is -0.241. The van der Waals surface area contributed by atoms with Crippen LogP contribution in [-0.4, -0.2) is 24.1 Å². The molecule has 0 aliphatic heterocycles. The number of aromatic nitrogens is 1. The molecule has 0 bridgehead atoms. The van der Waals surface area contributed by atoms with Gasteiger partial charge in [0.2, 0.25) is 5.91 Å². The zero-order valence-electron chi connectivity index (χ0n) is 8.80. The average Bonchev–Trinajstić information content (AvgIpc) is 2.24. The van der Waals surface area contributed by atoms with E-state index < -0.39 is 0 Å². The zero-order valence-corrected chi connectivity index (χ0v) is 11.1. The number of hydrogen-bond donors (Lipinski definition) is 1. The van der Waals surface area contributed by atoms with E-state index in [9.17, 15) is 4.79 Å². The molecule has 6 heteroatoms. The zero-order chi connectivity index (χ0) is 12.0. The van der Waals surface area contributed by atoms with Gasteiger partial charge < -0.3 is 10.1 Å². The van der Waals surface area contributed by atoms with E-state index in [4.69, 9.17) is 16.3 Å². The van der Waals surface area contributed by atoms with Crippen molar-refractivity contribution in [2.24, 2.45) is 0 Å². The van der Waals surface area contributed by atoms with E-state index >= 15 is 0 Å². The van der Waals surface area contributed by atoms with Crippen LogP contribution >= 0.6 is 27.5 Å². The van der Waals surface area contributed by atoms with E-state index in [1.54, 1.807) is 12.3 Å². The summed E-state index contributed by atoms with van der Waals surface area (Å²) in [6.07, 6.45) is 2.44. The molecule has 0 radical (unpaired) electrons. The maximum absolute atomic E-state index is 11.4. The van der Waals surface area contributed by atoms with Gasteiger partial charge in [0.05, 0.1) is 5.69 Å². The smallest absolute Gasteiger partial charge is 0.250 e. The molecule has 16 heavy (non-hydrogen) atoms. The molecule has 0 saturated heterocycles. The second-order valence-electron chi connectivity index (χ2n) is 3.09. The molecule has 1 aromatic rings. The van der Waals surface area contributed by atoms with Gasteiger partial charge in [0, 0.05) is 17.3 Å². The van der Waals surface area contributed by atoms with Gasteiger partial charge in [-0.3, -0.25) is 4.79 Å². The third-order valence-corrected chi connectivity index (χ3v) is 2.40. The summed E-state index contributed by atoms with van der Waals surface area (Å²) >= 11 is 9.06. The highest BCUT2D eigenvalue weighted by Gasteiger charge is 2.07. The number of nitrogens with zero attached hydrogens (tertiary/aromatic N) is 1. The highest BCUT2D eigenvalue weighted by molar-refractivity contribution is 9.10. The monoisotopic (exact) mass is 306 g/mol. The molecular weight excluding hydrogens is 295 g/mol. The van der Waals surface area contributed by atoms with Crippen molar-refractivity contribution in [3.63, 3.8) is 0 Å². The minimum absolute atomic E-state index is 0.0245. The second kappa shape index (κ2) is 6.83. The third-order valence-electron chi connectivity index (χ3n) is 1.66. The Bertz CT molecular complexity index is 374. The van der Waals surface area contributed by atoms with E-state index in [0.29, 0.717) is 12.3 Å². The van der Waals surface area contributed by atoms with Crippen LogP contribution in [0.2, 0.25) is 5.15 Å². The Morgan fingerprint density at radius 3 is 3.12 bits per heavy atom. The predicted octanol–water partition coefficient (Wildman–Crippen LogP) is 2.86. The van der Waals surface area contributed by atoms with Crippen LogP contribution in [0.4, 0.5) is 5.69 Å². The first-order chi connectivity index (χ1) is 7.63. The molecule has 88 valence electrons. The first-order valence-corrected chi connectivity index (χ1v) is 5.99. The maximum Gasteiger partial charge on any atom is 0.250 e. The summed E-state index contributed by atoms with van der Waals surface area (Å²) in [5, 5.41) is 2.88. The fourth-order valence-electron chi connectivity index (χ4n) is 1.01. The van der Waals surface area contributed by atoms with Gasteiger partial charge in [0.15, 0.2) is 5.15 Å². The molecule has 1 rings (SSSR count). The summed E-state index contributed by atoms with van der Waals surface area (Å²) in [6.45, 7) is 2.57. The largest absolute Gasteiger partial charge is 0.372 e. The van der Waals surface area contributed by atoms with Gasteiger partial charge in [-0.15, -0.1) is 0 Å². The normalized spacial score (nSPS) is 10.2. The summed E-state index contributed by atoms with van der Waals surface area (Å²) < 4.78 is 5.85. The number of nitrogens with one attached hydrogen (secondary N) is 1. The fraction of sp³-hybridized carbons (Fsp3) is 0.400. The number of ether oxygens (including phenoxy) is 1. The number of halogens is 2. The molecule has 0 spiro atoms. The van der Waals surface area contributed by atoms with Gasteiger partial charge in [-0.25, -0.2) is 4.98 Å². The lowest BCUT2D eigenvalue weighted by Crippen LogP contribution is -2.18. The minimum Gasteiger partial charge on any atom is -0.372 e. The lowest BCUT2D eigenvalue weighted by Gasteiger charge is -2.07. The Kier molecular flexibility index (Phi) is 5.73. The average molecular weight is 308 g/mol. The number of anilines is 1. The molecule has 1 N–H and O–H groups in total. The van der Waals surface area contributed by atoms with Crippen molar-refractivity contribution in [1.29, 1.82) is 0 Å². The Morgan fingerprint density at radius 1 is 1.69 bits per heavy atom. The summed E-state index contributed by atoms with van der Waals surface area (Å²) in [7, 11) is 0. The molecule has 1 aromatic heterocycles. The second-order valence-corrected chi connectivity index (χ2v) is 4.37. The molecule has 0 unspecified atom stereocenters. The molecule has 1 amide bonds. The third kappa shape index (κ3) is 4.47. The van der Waals surface area contributed by atoms with E-state index in [1.807, 2.05) is 6.92 Å². The molecule has 0 aliphatic carbocycles. The van der Waals surface area contributed by atoms with Crippen molar-refractivity contribution in [2.45, 2.75) is 13.3 Å². The molecule has 0 fully saturated rings. The highest BCUT2D eigenvalue weighted by Crippen LogP contribution is 2.22. The van der Waals surface area contributed by atoms with Crippen LogP contribution in [0.3, 0.4) is 0 Å². The standard InChI is InChI=1S/C10H12BrClN2O2/c1-2-3-16-6-9(15)14-8-4-7(11)5-13-10(8)12/h4-5H,2-3,6H2,1H3,(H,14,15). The summed E-state index contributed by atoms with van der Waals surface area (Å²) in [4.78, 5) is 15.3. The molecular formula is C10H12BrClN2O2. The fourth-order valence-corrected chi connectivity index (χ4v) is 1.49. The van der Waals surface area contributed by atoms with Crippen molar-refractivity contribution >= 4 is 39.1 Å². The Labute approximate surface area is 107 Å². The quantitative estimate of drug-likeness (QED) is 0.672. The molecule has 0 aliphatic rings. The van der Waals surface area contributed by atoms with E-state index in [2.05, 4.69) is 26.2 Å². The Morgan fingerprint density at radius 2 is 2.44 bits per heavy atom. The Hall–Kier alpha value is -0.650. The first kappa shape index (κ1) is 13.4. The van der Waals surface area contributed by atoms with Crippen LogP contribution in [0.5, 0.6) is 0 Å². The van der Waals surface area contributed by atoms with Crippen LogP contribution in [0, 0.1) is 0 Å². The van der Waals surface area contributed by atoms with Gasteiger partial charge in [-0.1, -0.05) is 18.5 Å². The first-order valence-electron chi connectivity index (χ1n) is 4.82. The van der Waals surface area contributed by atoms with Crippen LogP contribution in [-0.2, 0) is 9.53 Å². The topological polar surface area (TPSA) is 51.2 Å². The van der Waals surface area contributed by atoms with E-state index in [1.165, 1.54) is 0 Å². The van der Waals surface area contributed by atoms with Gasteiger partial charge in [-0.2, -0.15) is 0 Å². The van der Waals surface area contributed by atoms with Crippen LogP contribution in [0.25, 0.3) is 0 Å². The van der Waals surface area contributed by atoms with Crippen LogP contribution < -0.4 is 5.32 Å². The van der Waals surface area contributed by atoms with Crippen molar-refractivity contribution in [1.82, 2.24) is 4.98 Å². The summed E-state index contributed by atoms with van der Waals surface area (Å²) in [5.41, 5.74) is 0.473.